The van der Waals surface area contributed by atoms with E-state index < -0.39 is 5.54 Å². The zero-order valence-electron chi connectivity index (χ0n) is 14.8. The van der Waals surface area contributed by atoms with Gasteiger partial charge in [-0.05, 0) is 43.4 Å². The summed E-state index contributed by atoms with van der Waals surface area (Å²) in [6.07, 6.45) is 6.08. The Morgan fingerprint density at radius 3 is 2.68 bits per heavy atom. The summed E-state index contributed by atoms with van der Waals surface area (Å²) in [5.74, 6) is 1.15. The van der Waals surface area contributed by atoms with Crippen LogP contribution in [0.1, 0.15) is 61.4 Å². The second-order valence-corrected chi connectivity index (χ2v) is 7.32. The molecule has 1 saturated carbocycles. The molecule has 1 heterocycles. The van der Waals surface area contributed by atoms with E-state index >= 15 is 0 Å². The SMILES string of the molecule is Cc1nc(C2(NC(=O)CCc3ccc(C)c(Cl)c3)CCCCC2)no1. The van der Waals surface area contributed by atoms with Crippen molar-refractivity contribution in [3.8, 4) is 0 Å². The summed E-state index contributed by atoms with van der Waals surface area (Å²) >= 11 is 6.16. The largest absolute Gasteiger partial charge is 0.343 e. The first-order valence-corrected chi connectivity index (χ1v) is 9.23. The van der Waals surface area contributed by atoms with Crippen molar-refractivity contribution in [1.82, 2.24) is 15.5 Å². The molecule has 1 aromatic heterocycles. The number of rotatable bonds is 5. The highest BCUT2D eigenvalue weighted by atomic mass is 35.5. The number of carbonyl (C=O) groups excluding carboxylic acids is 1. The average Bonchev–Trinajstić information content (AvgIpc) is 3.04. The predicted octanol–water partition coefficient (Wildman–Crippen LogP) is 4.25. The molecule has 6 heteroatoms. The predicted molar refractivity (Wildman–Crippen MR) is 96.5 cm³/mol. The van der Waals surface area contributed by atoms with Crippen LogP contribution in [-0.2, 0) is 16.8 Å². The second kappa shape index (κ2) is 7.56. The van der Waals surface area contributed by atoms with Gasteiger partial charge in [-0.3, -0.25) is 4.79 Å². The topological polar surface area (TPSA) is 68.0 Å². The zero-order valence-corrected chi connectivity index (χ0v) is 15.5. The first-order chi connectivity index (χ1) is 12.0. The number of nitrogens with one attached hydrogen (secondary N) is 1. The van der Waals surface area contributed by atoms with Crippen LogP contribution in [0.5, 0.6) is 0 Å². The number of hydrogen-bond donors (Lipinski definition) is 1. The molecular weight excluding hydrogens is 338 g/mol. The maximum absolute atomic E-state index is 12.6. The molecule has 0 aliphatic heterocycles. The Hall–Kier alpha value is -1.88. The van der Waals surface area contributed by atoms with E-state index in [4.69, 9.17) is 16.1 Å². The fourth-order valence-electron chi connectivity index (χ4n) is 3.43. The molecule has 134 valence electrons. The van der Waals surface area contributed by atoms with E-state index in [0.29, 0.717) is 24.6 Å². The molecule has 1 amide bonds. The van der Waals surface area contributed by atoms with Gasteiger partial charge in [-0.25, -0.2) is 0 Å². The van der Waals surface area contributed by atoms with Crippen LogP contribution in [0.2, 0.25) is 5.02 Å². The summed E-state index contributed by atoms with van der Waals surface area (Å²) < 4.78 is 5.15. The molecule has 0 bridgehead atoms. The molecule has 1 N–H and O–H groups in total. The van der Waals surface area contributed by atoms with E-state index in [9.17, 15) is 4.79 Å². The first-order valence-electron chi connectivity index (χ1n) is 8.85. The monoisotopic (exact) mass is 361 g/mol. The lowest BCUT2D eigenvalue weighted by atomic mass is 9.81. The van der Waals surface area contributed by atoms with Crippen LogP contribution in [-0.4, -0.2) is 16.0 Å². The van der Waals surface area contributed by atoms with Crippen LogP contribution in [0, 0.1) is 13.8 Å². The molecule has 25 heavy (non-hydrogen) atoms. The van der Waals surface area contributed by atoms with Gasteiger partial charge in [0.15, 0.2) is 5.82 Å². The molecule has 0 unspecified atom stereocenters. The van der Waals surface area contributed by atoms with Crippen molar-refractivity contribution in [3.05, 3.63) is 46.1 Å². The number of halogens is 1. The minimum atomic E-state index is -0.488. The van der Waals surface area contributed by atoms with Gasteiger partial charge in [-0.1, -0.05) is 48.2 Å². The smallest absolute Gasteiger partial charge is 0.223 e. The van der Waals surface area contributed by atoms with Gasteiger partial charge in [0, 0.05) is 18.4 Å². The molecule has 0 spiro atoms. The highest BCUT2D eigenvalue weighted by molar-refractivity contribution is 6.31. The molecule has 0 saturated heterocycles. The number of hydrogen-bond acceptors (Lipinski definition) is 4. The van der Waals surface area contributed by atoms with E-state index in [2.05, 4.69) is 15.5 Å². The van der Waals surface area contributed by atoms with Crippen LogP contribution in [0.25, 0.3) is 0 Å². The lowest BCUT2D eigenvalue weighted by Gasteiger charge is -2.35. The molecule has 1 fully saturated rings. The van der Waals surface area contributed by atoms with Crippen LogP contribution < -0.4 is 5.32 Å². The molecule has 1 aliphatic carbocycles. The van der Waals surface area contributed by atoms with Gasteiger partial charge >= 0.3 is 0 Å². The van der Waals surface area contributed by atoms with E-state index in [0.717, 1.165) is 41.8 Å². The third kappa shape index (κ3) is 4.21. The average molecular weight is 362 g/mol. The Balaban J connectivity index is 1.67. The van der Waals surface area contributed by atoms with E-state index in [-0.39, 0.29) is 5.91 Å². The molecule has 2 aromatic rings. The Bertz CT molecular complexity index is 751. The van der Waals surface area contributed by atoms with E-state index in [1.54, 1.807) is 6.92 Å². The zero-order chi connectivity index (χ0) is 17.9. The third-order valence-corrected chi connectivity index (χ3v) is 5.33. The lowest BCUT2D eigenvalue weighted by Crippen LogP contribution is -2.48. The van der Waals surface area contributed by atoms with Gasteiger partial charge in [0.2, 0.25) is 11.8 Å². The number of nitrogens with zero attached hydrogens (tertiary/aromatic N) is 2. The molecule has 0 atom stereocenters. The van der Waals surface area contributed by atoms with Gasteiger partial charge in [0.1, 0.15) is 5.54 Å². The minimum absolute atomic E-state index is 0.0149. The first kappa shape index (κ1) is 17.9. The Labute approximate surface area is 153 Å². The second-order valence-electron chi connectivity index (χ2n) is 6.91. The van der Waals surface area contributed by atoms with Crippen molar-refractivity contribution in [3.63, 3.8) is 0 Å². The molecule has 3 rings (SSSR count). The van der Waals surface area contributed by atoms with Crippen molar-refractivity contribution >= 4 is 17.5 Å². The minimum Gasteiger partial charge on any atom is -0.343 e. The van der Waals surface area contributed by atoms with E-state index in [1.807, 2.05) is 25.1 Å². The Morgan fingerprint density at radius 2 is 2.04 bits per heavy atom. The standard InChI is InChI=1S/C19H24ClN3O2/c1-13-6-7-15(12-16(13)20)8-9-17(24)22-19(10-4-3-5-11-19)18-21-14(2)25-23-18/h6-7,12H,3-5,8-11H2,1-2H3,(H,22,24). The van der Waals surface area contributed by atoms with Gasteiger partial charge in [-0.2, -0.15) is 4.98 Å². The third-order valence-electron chi connectivity index (χ3n) is 4.92. The number of amides is 1. The highest BCUT2D eigenvalue weighted by Gasteiger charge is 2.39. The van der Waals surface area contributed by atoms with Crippen molar-refractivity contribution in [1.29, 1.82) is 0 Å². The van der Waals surface area contributed by atoms with Gasteiger partial charge in [-0.15, -0.1) is 0 Å². The molecular formula is C19H24ClN3O2. The maximum atomic E-state index is 12.6. The van der Waals surface area contributed by atoms with Crippen LogP contribution in [0.3, 0.4) is 0 Å². The van der Waals surface area contributed by atoms with Crippen molar-refractivity contribution in [2.45, 2.75) is 64.3 Å². The summed E-state index contributed by atoms with van der Waals surface area (Å²) in [4.78, 5) is 17.0. The Morgan fingerprint density at radius 1 is 1.28 bits per heavy atom. The van der Waals surface area contributed by atoms with Crippen LogP contribution in [0.15, 0.2) is 22.7 Å². The van der Waals surface area contributed by atoms with E-state index in [1.165, 1.54) is 6.42 Å². The number of aromatic nitrogens is 2. The van der Waals surface area contributed by atoms with Gasteiger partial charge < -0.3 is 9.84 Å². The van der Waals surface area contributed by atoms with Gasteiger partial charge in [0.05, 0.1) is 0 Å². The normalized spacial score (nSPS) is 16.6. The van der Waals surface area contributed by atoms with Crippen molar-refractivity contribution in [2.75, 3.05) is 0 Å². The van der Waals surface area contributed by atoms with Crippen LogP contribution >= 0.6 is 11.6 Å². The number of carbonyl (C=O) groups is 1. The quantitative estimate of drug-likeness (QED) is 0.864. The van der Waals surface area contributed by atoms with Crippen LogP contribution in [0.4, 0.5) is 0 Å². The Kier molecular flexibility index (Phi) is 5.42. The molecule has 5 nitrogen and oxygen atoms in total. The summed E-state index contributed by atoms with van der Waals surface area (Å²) in [5, 5.41) is 8.03. The summed E-state index contributed by atoms with van der Waals surface area (Å²) in [7, 11) is 0. The highest BCUT2D eigenvalue weighted by Crippen LogP contribution is 2.35. The fourth-order valence-corrected chi connectivity index (χ4v) is 3.64. The molecule has 1 aliphatic rings. The van der Waals surface area contributed by atoms with Crippen molar-refractivity contribution < 1.29 is 9.32 Å². The summed E-state index contributed by atoms with van der Waals surface area (Å²) in [5.41, 5.74) is 1.63. The van der Waals surface area contributed by atoms with Gasteiger partial charge in [0.25, 0.3) is 0 Å². The maximum Gasteiger partial charge on any atom is 0.223 e. The lowest BCUT2D eigenvalue weighted by molar-refractivity contribution is -0.123. The van der Waals surface area contributed by atoms with Crippen molar-refractivity contribution in [2.24, 2.45) is 0 Å². The fraction of sp³-hybridized carbons (Fsp3) is 0.526. The molecule has 0 radical (unpaired) electrons. The summed E-state index contributed by atoms with van der Waals surface area (Å²) in [6, 6.07) is 5.94. The number of benzene rings is 1. The molecule has 1 aromatic carbocycles. The number of aryl methyl sites for hydroxylation is 3. The summed E-state index contributed by atoms with van der Waals surface area (Å²) in [6.45, 7) is 3.74.